The van der Waals surface area contributed by atoms with Gasteiger partial charge in [-0.3, -0.25) is 24.7 Å². The second kappa shape index (κ2) is 17.1. The van der Waals surface area contributed by atoms with Crippen LogP contribution in [0, 0.1) is 11.7 Å². The van der Waals surface area contributed by atoms with Gasteiger partial charge in [-0.1, -0.05) is 0 Å². The first-order valence-corrected chi connectivity index (χ1v) is 20.4. The van der Waals surface area contributed by atoms with E-state index in [-0.39, 0.29) is 35.9 Å². The number of carbonyl (C=O) groups excluding carboxylic acids is 4. The van der Waals surface area contributed by atoms with Crippen molar-refractivity contribution in [3.05, 3.63) is 47.9 Å². The van der Waals surface area contributed by atoms with Crippen LogP contribution in [-0.2, 0) is 4.79 Å². The van der Waals surface area contributed by atoms with Gasteiger partial charge in [-0.25, -0.2) is 14.0 Å². The molecule has 1 atom stereocenters. The molecule has 0 aliphatic carbocycles. The molecule has 1 unspecified atom stereocenters. The predicted octanol–water partition coefficient (Wildman–Crippen LogP) is 2.68. The molecular weight excluding hydrogens is 762 g/mol. The molecule has 5 aliphatic rings. The fourth-order valence-corrected chi connectivity index (χ4v) is 8.87. The number of rotatable bonds is 11. The van der Waals surface area contributed by atoms with Gasteiger partial charge in [-0.2, -0.15) is 4.98 Å². The highest BCUT2D eigenvalue weighted by Gasteiger charge is 2.35. The Kier molecular flexibility index (Phi) is 11.5. The Morgan fingerprint density at radius 2 is 1.68 bits per heavy atom. The number of carbonyl (C=O) groups is 4. The van der Waals surface area contributed by atoms with E-state index in [0.29, 0.717) is 80.5 Å². The van der Waals surface area contributed by atoms with Gasteiger partial charge in [0.25, 0.3) is 5.91 Å². The summed E-state index contributed by atoms with van der Waals surface area (Å²) < 4.78 is 21.4. The van der Waals surface area contributed by atoms with Crippen LogP contribution in [0.5, 0.6) is 5.75 Å². The zero-order chi connectivity index (χ0) is 41.2. The lowest BCUT2D eigenvalue weighted by molar-refractivity contribution is -0.120. The zero-order valence-electron chi connectivity index (χ0n) is 33.6. The Balaban J connectivity index is 0.833. The molecule has 6 heterocycles. The normalized spacial score (nSPS) is 21.0. The van der Waals surface area contributed by atoms with Crippen LogP contribution < -0.4 is 40.7 Å². The number of hydrogen-bond donors (Lipinski definition) is 3. The number of nitrogens with one attached hydrogen (secondary N) is 2. The second-order valence-electron chi connectivity index (χ2n) is 15.9. The Labute approximate surface area is 342 Å². The molecule has 1 aromatic heterocycles. The number of methoxy groups -OCH3 is 1. The van der Waals surface area contributed by atoms with E-state index in [4.69, 9.17) is 10.5 Å². The first-order valence-electron chi connectivity index (χ1n) is 20.4. The Bertz CT molecular complexity index is 2080. The number of amides is 6. The van der Waals surface area contributed by atoms with Gasteiger partial charge < -0.3 is 40.3 Å². The van der Waals surface area contributed by atoms with Crippen LogP contribution in [0.15, 0.2) is 36.4 Å². The fourth-order valence-electron chi connectivity index (χ4n) is 8.87. The van der Waals surface area contributed by atoms with Gasteiger partial charge in [-0.15, -0.1) is 10.2 Å². The average Bonchev–Trinajstić information content (AvgIpc) is 3.58. The maximum Gasteiger partial charge on any atom is 0.328 e. The van der Waals surface area contributed by atoms with Crippen molar-refractivity contribution in [1.29, 1.82) is 0 Å². The molecule has 4 N–H and O–H groups in total. The number of hydrogen-bond acceptors (Lipinski definition) is 13. The van der Waals surface area contributed by atoms with Crippen LogP contribution in [-0.4, -0.2) is 152 Å². The maximum atomic E-state index is 15.7. The molecule has 314 valence electrons. The van der Waals surface area contributed by atoms with E-state index in [1.165, 1.54) is 6.07 Å². The summed E-state index contributed by atoms with van der Waals surface area (Å²) >= 11 is 0. The molecule has 6 amide bonds. The minimum atomic E-state index is -0.806. The molecule has 5 saturated heterocycles. The predicted molar refractivity (Wildman–Crippen MR) is 220 cm³/mol. The van der Waals surface area contributed by atoms with E-state index >= 15 is 4.39 Å². The van der Waals surface area contributed by atoms with Crippen molar-refractivity contribution < 1.29 is 28.3 Å². The van der Waals surface area contributed by atoms with Gasteiger partial charge in [0.15, 0.2) is 11.5 Å². The third kappa shape index (κ3) is 8.60. The quantitative estimate of drug-likeness (QED) is 0.257. The molecule has 0 radical (unpaired) electrons. The highest BCUT2D eigenvalue weighted by Crippen LogP contribution is 2.35. The molecule has 0 bridgehead atoms. The summed E-state index contributed by atoms with van der Waals surface area (Å²) in [5, 5.41) is 13.7. The van der Waals surface area contributed by atoms with E-state index in [2.05, 4.69) is 40.5 Å². The molecule has 5 fully saturated rings. The number of nitrogens with two attached hydrogens (primary N) is 1. The number of halogens is 1. The zero-order valence-corrected chi connectivity index (χ0v) is 33.6. The molecule has 8 rings (SSSR count). The number of benzene rings is 2. The van der Waals surface area contributed by atoms with Crippen LogP contribution >= 0.6 is 0 Å². The lowest BCUT2D eigenvalue weighted by Gasteiger charge is -2.40. The number of ether oxygens (including phenoxy) is 1. The Morgan fingerprint density at radius 3 is 2.37 bits per heavy atom. The monoisotopic (exact) mass is 813 g/mol. The minimum Gasteiger partial charge on any atom is -0.494 e. The number of piperazine rings is 1. The van der Waals surface area contributed by atoms with Crippen molar-refractivity contribution in [2.24, 2.45) is 11.7 Å². The fraction of sp³-hybridized carbons (Fsp3) is 0.525. The van der Waals surface area contributed by atoms with Crippen molar-refractivity contribution in [3.63, 3.8) is 0 Å². The molecule has 2 aromatic carbocycles. The number of likely N-dealkylation sites (N-methyl/N-ethyl adjacent to an activating group) is 1. The topological polar surface area (TPSA) is 189 Å². The van der Waals surface area contributed by atoms with Crippen LogP contribution in [0.2, 0.25) is 0 Å². The van der Waals surface area contributed by atoms with E-state index in [1.54, 1.807) is 36.1 Å². The maximum absolute atomic E-state index is 15.7. The second-order valence-corrected chi connectivity index (χ2v) is 15.9. The smallest absolute Gasteiger partial charge is 0.328 e. The van der Waals surface area contributed by atoms with Crippen molar-refractivity contribution in [2.45, 2.75) is 38.1 Å². The summed E-state index contributed by atoms with van der Waals surface area (Å²) in [6, 6.07) is 10.3. The number of nitrogens with zero attached hydrogens (tertiary/aromatic N) is 10. The van der Waals surface area contributed by atoms with Crippen molar-refractivity contribution in [1.82, 2.24) is 35.2 Å². The molecular formula is C40H52FN13O5. The number of primary amides is 1. The summed E-state index contributed by atoms with van der Waals surface area (Å²) in [7, 11) is 3.39. The average molecular weight is 814 g/mol. The standard InChI is InChI=1S/C40H52FN13O5/c1-48-16-21-53(40(48)58)29-4-3-12-52(25-29)38-45-37(35(36(42)56)46-47-38)43-27-5-7-31(30(41)22-27)51-19-17-49(18-20-51)24-26-9-13-50(14-10-26)28-6-8-32(33(23-28)59-2)54-15-11-34(55)44-39(54)57/h5-8,22-23,26,29H,3-4,9-21,24-25H2,1-2H3,(H2,42,56)(H,43,45,47)(H,44,55,57). The summed E-state index contributed by atoms with van der Waals surface area (Å²) in [5.41, 5.74) is 8.07. The Hall–Kier alpha value is -5.98. The molecule has 19 heteroatoms. The van der Waals surface area contributed by atoms with Crippen LogP contribution in [0.1, 0.15) is 42.6 Å². The number of piperidine rings is 2. The van der Waals surface area contributed by atoms with Crippen LogP contribution in [0.25, 0.3) is 0 Å². The van der Waals surface area contributed by atoms with Gasteiger partial charge in [0.1, 0.15) is 11.6 Å². The minimum absolute atomic E-state index is 0.00899. The van der Waals surface area contributed by atoms with Crippen molar-refractivity contribution in [3.8, 4) is 5.75 Å². The third-order valence-corrected chi connectivity index (χ3v) is 12.2. The molecule has 59 heavy (non-hydrogen) atoms. The number of aromatic nitrogens is 3. The van der Waals surface area contributed by atoms with Crippen molar-refractivity contribution in [2.75, 3.05) is 118 Å². The third-order valence-electron chi connectivity index (χ3n) is 12.2. The highest BCUT2D eigenvalue weighted by molar-refractivity contribution is 6.06. The molecule has 5 aliphatic heterocycles. The summed E-state index contributed by atoms with van der Waals surface area (Å²) in [6.45, 7) is 8.71. The summed E-state index contributed by atoms with van der Waals surface area (Å²) in [4.78, 5) is 67.6. The van der Waals surface area contributed by atoms with E-state index in [0.717, 1.165) is 64.1 Å². The van der Waals surface area contributed by atoms with Gasteiger partial charge >= 0.3 is 12.1 Å². The largest absolute Gasteiger partial charge is 0.494 e. The number of imide groups is 1. The van der Waals surface area contributed by atoms with Crippen molar-refractivity contribution >= 4 is 58.4 Å². The van der Waals surface area contributed by atoms with Crippen LogP contribution in [0.3, 0.4) is 0 Å². The lowest BCUT2D eigenvalue weighted by atomic mass is 9.95. The van der Waals surface area contributed by atoms with Gasteiger partial charge in [0.05, 0.1) is 24.5 Å². The highest BCUT2D eigenvalue weighted by atomic mass is 19.1. The number of urea groups is 2. The first kappa shape index (κ1) is 39.8. The van der Waals surface area contributed by atoms with Gasteiger partial charge in [0.2, 0.25) is 11.9 Å². The van der Waals surface area contributed by atoms with E-state index < -0.39 is 17.8 Å². The Morgan fingerprint density at radius 1 is 0.898 bits per heavy atom. The van der Waals surface area contributed by atoms with Gasteiger partial charge in [0, 0.05) is 109 Å². The SMILES string of the molecule is COc1cc(N2CCC(CN3CCN(c4ccc(Nc5nc(N6CCCC(N7CCN(C)C7=O)C6)nnc5C(N)=O)cc4F)CC3)CC2)ccc1N1CCC(=O)NC1=O. The lowest BCUT2D eigenvalue weighted by Crippen LogP contribution is -2.49. The molecule has 18 nitrogen and oxygen atoms in total. The van der Waals surface area contributed by atoms with Crippen LogP contribution in [0.4, 0.5) is 48.5 Å². The van der Waals surface area contributed by atoms with Gasteiger partial charge in [-0.05, 0) is 61.9 Å². The first-order chi connectivity index (χ1) is 28.5. The number of anilines is 6. The molecule has 3 aromatic rings. The van der Waals surface area contributed by atoms with E-state index in [9.17, 15) is 19.2 Å². The summed E-state index contributed by atoms with van der Waals surface area (Å²) in [6.07, 6.45) is 4.05. The molecule has 0 saturated carbocycles. The molecule has 0 spiro atoms. The summed E-state index contributed by atoms with van der Waals surface area (Å²) in [5.74, 6) is 0.0678. The van der Waals surface area contributed by atoms with E-state index in [1.807, 2.05) is 28.0 Å².